The number of hydrogen-bond acceptors (Lipinski definition) is 7. The third-order valence-electron chi connectivity index (χ3n) is 5.71. The van der Waals surface area contributed by atoms with Gasteiger partial charge in [-0.15, -0.1) is 0 Å². The quantitative estimate of drug-likeness (QED) is 0.491. The summed E-state index contributed by atoms with van der Waals surface area (Å²) >= 11 is 0. The van der Waals surface area contributed by atoms with Crippen LogP contribution < -0.4 is 14.2 Å². The zero-order valence-corrected chi connectivity index (χ0v) is 19.9. The van der Waals surface area contributed by atoms with Crippen molar-refractivity contribution in [2.45, 2.75) is 25.6 Å². The summed E-state index contributed by atoms with van der Waals surface area (Å²) < 4.78 is 24.9. The van der Waals surface area contributed by atoms with Gasteiger partial charge in [-0.1, -0.05) is 18.2 Å². The zero-order valence-electron chi connectivity index (χ0n) is 19.9. The summed E-state index contributed by atoms with van der Waals surface area (Å²) in [5.41, 5.74) is 1.08. The largest absolute Gasteiger partial charge is 0.493 e. The Morgan fingerprint density at radius 1 is 1.12 bits per heavy atom. The normalized spacial score (nSPS) is 18.9. The molecule has 0 aliphatic carbocycles. The maximum absolute atomic E-state index is 11.2. The molecule has 2 heterocycles. The summed E-state index contributed by atoms with van der Waals surface area (Å²) in [5, 5.41) is 15.4. The van der Waals surface area contributed by atoms with Gasteiger partial charge in [0, 0.05) is 32.0 Å². The molecule has 34 heavy (non-hydrogen) atoms. The van der Waals surface area contributed by atoms with Crippen molar-refractivity contribution >= 4 is 0 Å². The van der Waals surface area contributed by atoms with Crippen molar-refractivity contribution in [3.05, 3.63) is 72.1 Å². The van der Waals surface area contributed by atoms with E-state index in [1.165, 1.54) is 0 Å². The van der Waals surface area contributed by atoms with Crippen molar-refractivity contribution in [3.63, 3.8) is 0 Å². The summed E-state index contributed by atoms with van der Waals surface area (Å²) in [4.78, 5) is 2.18. The smallest absolute Gasteiger partial charge is 0.161 e. The van der Waals surface area contributed by atoms with Gasteiger partial charge in [0.1, 0.15) is 24.6 Å². The standard InChI is InChI=1S/C26H33N3O5/c1-21-5-3-6-23(15-21)34-20-26(30)18-28(11-13-32-19-26)17-22-7-8-24(31-2)25(16-22)33-14-12-29-10-4-9-27-29/h3-10,15-16,30H,11-14,17-20H2,1-2H3/t26-/m1/s1. The van der Waals surface area contributed by atoms with Gasteiger partial charge < -0.3 is 24.1 Å². The van der Waals surface area contributed by atoms with Crippen LogP contribution in [-0.2, 0) is 17.8 Å². The Morgan fingerprint density at radius 2 is 2.03 bits per heavy atom. The highest BCUT2D eigenvalue weighted by Crippen LogP contribution is 2.29. The average Bonchev–Trinajstić information content (AvgIpc) is 3.27. The van der Waals surface area contributed by atoms with Crippen LogP contribution in [0.5, 0.6) is 17.2 Å². The molecule has 1 fully saturated rings. The summed E-state index contributed by atoms with van der Waals surface area (Å²) in [6.07, 6.45) is 3.65. The Morgan fingerprint density at radius 3 is 2.82 bits per heavy atom. The van der Waals surface area contributed by atoms with Crippen molar-refractivity contribution in [2.24, 2.45) is 0 Å². The summed E-state index contributed by atoms with van der Waals surface area (Å²) in [6.45, 7) is 5.91. The highest BCUT2D eigenvalue weighted by molar-refractivity contribution is 5.43. The summed E-state index contributed by atoms with van der Waals surface area (Å²) in [7, 11) is 1.63. The molecule has 3 aromatic rings. The van der Waals surface area contributed by atoms with Crippen LogP contribution in [-0.4, -0.2) is 72.0 Å². The fourth-order valence-electron chi connectivity index (χ4n) is 4.01. The van der Waals surface area contributed by atoms with Crippen LogP contribution in [0.25, 0.3) is 0 Å². The van der Waals surface area contributed by atoms with Crippen molar-refractivity contribution in [3.8, 4) is 17.2 Å². The molecule has 0 radical (unpaired) electrons. The molecule has 0 spiro atoms. The monoisotopic (exact) mass is 467 g/mol. The van der Waals surface area contributed by atoms with Crippen molar-refractivity contribution in [1.82, 2.24) is 14.7 Å². The number of hydrogen-bond donors (Lipinski definition) is 1. The molecule has 1 aliphatic rings. The van der Waals surface area contributed by atoms with E-state index in [2.05, 4.69) is 10.00 Å². The van der Waals surface area contributed by atoms with E-state index in [1.807, 2.05) is 66.3 Å². The van der Waals surface area contributed by atoms with Crippen LogP contribution in [0.3, 0.4) is 0 Å². The molecule has 4 rings (SSSR count). The third-order valence-corrected chi connectivity index (χ3v) is 5.71. The van der Waals surface area contributed by atoms with E-state index >= 15 is 0 Å². The fraction of sp³-hybridized carbons (Fsp3) is 0.423. The van der Waals surface area contributed by atoms with Gasteiger partial charge in [0.05, 0.1) is 26.9 Å². The minimum Gasteiger partial charge on any atom is -0.493 e. The number of benzene rings is 2. The highest BCUT2D eigenvalue weighted by atomic mass is 16.5. The van der Waals surface area contributed by atoms with Gasteiger partial charge in [0.2, 0.25) is 0 Å². The number of rotatable bonds is 10. The first-order chi connectivity index (χ1) is 16.5. The Labute approximate surface area is 200 Å². The SMILES string of the molecule is COc1ccc(CN2CCOC[C@@](O)(COc3cccc(C)c3)C2)cc1OCCn1cccn1. The Bertz CT molecular complexity index is 1040. The molecule has 8 nitrogen and oxygen atoms in total. The highest BCUT2D eigenvalue weighted by Gasteiger charge is 2.33. The van der Waals surface area contributed by atoms with Crippen LogP contribution in [0.4, 0.5) is 0 Å². The maximum atomic E-state index is 11.2. The van der Waals surface area contributed by atoms with Gasteiger partial charge in [-0.2, -0.15) is 5.10 Å². The van der Waals surface area contributed by atoms with Gasteiger partial charge >= 0.3 is 0 Å². The topological polar surface area (TPSA) is 78.2 Å². The second-order valence-electron chi connectivity index (χ2n) is 8.70. The molecule has 1 N–H and O–H groups in total. The van der Waals surface area contributed by atoms with E-state index in [-0.39, 0.29) is 13.2 Å². The van der Waals surface area contributed by atoms with Crippen LogP contribution in [0, 0.1) is 6.92 Å². The van der Waals surface area contributed by atoms with Crippen LogP contribution in [0.15, 0.2) is 60.9 Å². The van der Waals surface area contributed by atoms with Gasteiger partial charge in [0.15, 0.2) is 11.5 Å². The number of nitrogens with zero attached hydrogens (tertiary/aromatic N) is 3. The lowest BCUT2D eigenvalue weighted by Gasteiger charge is -2.30. The maximum Gasteiger partial charge on any atom is 0.161 e. The number of ether oxygens (including phenoxy) is 4. The zero-order chi connectivity index (χ0) is 23.8. The molecule has 0 saturated carbocycles. The second-order valence-corrected chi connectivity index (χ2v) is 8.70. The molecule has 1 atom stereocenters. The Kier molecular flexibility index (Phi) is 8.05. The number of methoxy groups -OCH3 is 1. The molecule has 1 saturated heterocycles. The van der Waals surface area contributed by atoms with Gasteiger partial charge in [-0.05, 0) is 48.4 Å². The summed E-state index contributed by atoms with van der Waals surface area (Å²) in [5.74, 6) is 2.12. The molecule has 1 aromatic heterocycles. The molecule has 2 aromatic carbocycles. The van der Waals surface area contributed by atoms with Crippen LogP contribution >= 0.6 is 0 Å². The Hall–Kier alpha value is -3.07. The van der Waals surface area contributed by atoms with E-state index in [1.54, 1.807) is 13.3 Å². The van der Waals surface area contributed by atoms with E-state index in [0.29, 0.717) is 50.9 Å². The van der Waals surface area contributed by atoms with Crippen molar-refractivity contribution in [1.29, 1.82) is 0 Å². The first-order valence-corrected chi connectivity index (χ1v) is 11.5. The van der Waals surface area contributed by atoms with Gasteiger partial charge in [0.25, 0.3) is 0 Å². The molecule has 0 amide bonds. The van der Waals surface area contributed by atoms with E-state index < -0.39 is 5.60 Å². The molecule has 182 valence electrons. The number of β-amino-alcohol motifs (C(OH)–C–C–N with tert-alkyl or cyclic N) is 1. The average molecular weight is 468 g/mol. The molecular weight excluding hydrogens is 434 g/mol. The lowest BCUT2D eigenvalue weighted by atomic mass is 10.1. The first kappa shape index (κ1) is 24.1. The molecular formula is C26H33N3O5. The van der Waals surface area contributed by atoms with Gasteiger partial charge in [-0.3, -0.25) is 9.58 Å². The fourth-order valence-corrected chi connectivity index (χ4v) is 4.01. The third kappa shape index (κ3) is 6.72. The molecule has 1 aliphatic heterocycles. The minimum atomic E-state index is -1.10. The molecule has 8 heteroatoms. The number of aryl methyl sites for hydroxylation is 1. The molecule has 0 bridgehead atoms. The minimum absolute atomic E-state index is 0.164. The lowest BCUT2D eigenvalue weighted by Crippen LogP contribution is -2.48. The van der Waals surface area contributed by atoms with E-state index in [0.717, 1.165) is 16.9 Å². The van der Waals surface area contributed by atoms with Gasteiger partial charge in [-0.25, -0.2) is 0 Å². The Balaban J connectivity index is 1.38. The first-order valence-electron chi connectivity index (χ1n) is 11.5. The van der Waals surface area contributed by atoms with Crippen LogP contribution in [0.1, 0.15) is 11.1 Å². The summed E-state index contributed by atoms with van der Waals surface area (Å²) in [6, 6.07) is 15.6. The number of aromatic nitrogens is 2. The van der Waals surface area contributed by atoms with Crippen LogP contribution in [0.2, 0.25) is 0 Å². The van der Waals surface area contributed by atoms with E-state index in [9.17, 15) is 5.11 Å². The van der Waals surface area contributed by atoms with Crippen molar-refractivity contribution in [2.75, 3.05) is 46.6 Å². The van der Waals surface area contributed by atoms with E-state index in [4.69, 9.17) is 18.9 Å². The lowest BCUT2D eigenvalue weighted by molar-refractivity contribution is -0.0646. The number of aliphatic hydroxyl groups is 1. The molecule has 0 unspecified atom stereocenters. The second kappa shape index (κ2) is 11.4. The predicted molar refractivity (Wildman–Crippen MR) is 128 cm³/mol. The van der Waals surface area contributed by atoms with Crippen molar-refractivity contribution < 1.29 is 24.1 Å². The predicted octanol–water partition coefficient (Wildman–Crippen LogP) is 2.92.